The first-order chi connectivity index (χ1) is 9.36. The molecule has 3 aromatic rings. The number of rotatable bonds is 4. The molecule has 0 radical (unpaired) electrons. The number of aromatic nitrogens is 2. The Hall–Kier alpha value is -2.42. The van der Waals surface area contributed by atoms with Crippen molar-refractivity contribution >= 4 is 17.2 Å². The number of carbonyl (C=O) groups excluding carboxylic acids is 1. The van der Waals surface area contributed by atoms with Crippen LogP contribution in [0, 0.1) is 0 Å². The number of para-hydroxylation sites is 1. The average Bonchev–Trinajstić information content (AvgIpc) is 2.85. The highest BCUT2D eigenvalue weighted by Crippen LogP contribution is 2.14. The number of carbonyl (C=O) groups is 1. The van der Waals surface area contributed by atoms with Crippen molar-refractivity contribution in [2.24, 2.45) is 0 Å². The van der Waals surface area contributed by atoms with E-state index in [1.54, 1.807) is 0 Å². The lowest BCUT2D eigenvalue weighted by Crippen LogP contribution is -2.01. The quantitative estimate of drug-likeness (QED) is 0.667. The summed E-state index contributed by atoms with van der Waals surface area (Å²) < 4.78 is 1.99. The van der Waals surface area contributed by atoms with Gasteiger partial charge in [-0.1, -0.05) is 42.5 Å². The zero-order valence-electron chi connectivity index (χ0n) is 10.5. The molecule has 3 rings (SSSR count). The largest absolute Gasteiger partial charge is 0.303 e. The summed E-state index contributed by atoms with van der Waals surface area (Å²) in [6, 6.07) is 16.3. The zero-order chi connectivity index (χ0) is 13.1. The Balaban J connectivity index is 1.86. The molecule has 0 amide bonds. The number of hydrogen-bond donors (Lipinski definition) is 0. The fraction of sp³-hybridized carbons (Fsp3) is 0.125. The van der Waals surface area contributed by atoms with Crippen LogP contribution in [-0.2, 0) is 17.8 Å². The Bertz CT molecular complexity index is 698. The van der Waals surface area contributed by atoms with Gasteiger partial charge >= 0.3 is 0 Å². The molecule has 0 aliphatic carbocycles. The summed E-state index contributed by atoms with van der Waals surface area (Å²) in [5.74, 6) is 0. The van der Waals surface area contributed by atoms with Crippen molar-refractivity contribution in [1.82, 2.24) is 9.78 Å². The van der Waals surface area contributed by atoms with E-state index in [4.69, 9.17) is 0 Å². The summed E-state index contributed by atoms with van der Waals surface area (Å²) in [5.41, 5.74) is 3.37. The van der Waals surface area contributed by atoms with E-state index in [0.29, 0.717) is 6.42 Å². The molecule has 0 saturated heterocycles. The van der Waals surface area contributed by atoms with Crippen LogP contribution in [0.4, 0.5) is 0 Å². The van der Waals surface area contributed by atoms with Gasteiger partial charge < -0.3 is 4.79 Å². The van der Waals surface area contributed by atoms with Crippen LogP contribution in [0.25, 0.3) is 10.9 Å². The molecule has 3 nitrogen and oxygen atoms in total. The van der Waals surface area contributed by atoms with Gasteiger partial charge in [-0.05, 0) is 17.2 Å². The smallest absolute Gasteiger partial charge is 0.124 e. The van der Waals surface area contributed by atoms with Crippen LogP contribution in [0.15, 0.2) is 54.7 Å². The van der Waals surface area contributed by atoms with Gasteiger partial charge in [0, 0.05) is 11.8 Å². The number of fused-ring (bicyclic) bond motifs is 1. The molecular weight excluding hydrogens is 236 g/mol. The molecule has 1 heterocycles. The normalized spacial score (nSPS) is 10.7. The van der Waals surface area contributed by atoms with Crippen LogP contribution in [0.1, 0.15) is 11.1 Å². The minimum atomic E-state index is 0.477. The molecule has 1 aromatic heterocycles. The zero-order valence-corrected chi connectivity index (χ0v) is 10.5. The Morgan fingerprint density at radius 3 is 2.53 bits per heavy atom. The maximum Gasteiger partial charge on any atom is 0.124 e. The summed E-state index contributed by atoms with van der Waals surface area (Å²) in [7, 11) is 0. The minimum Gasteiger partial charge on any atom is -0.303 e. The van der Waals surface area contributed by atoms with Crippen LogP contribution in [-0.4, -0.2) is 16.1 Å². The summed E-state index contributed by atoms with van der Waals surface area (Å²) in [6.07, 6.45) is 3.29. The van der Waals surface area contributed by atoms with Crippen LogP contribution in [0.2, 0.25) is 0 Å². The third kappa shape index (κ3) is 2.40. The van der Waals surface area contributed by atoms with E-state index in [1.807, 2.05) is 35.1 Å². The van der Waals surface area contributed by atoms with E-state index in [-0.39, 0.29) is 0 Å². The van der Waals surface area contributed by atoms with E-state index in [9.17, 15) is 4.79 Å². The SMILES string of the molecule is O=CCc1ccc(Cn2ncc3ccccc32)cc1. The van der Waals surface area contributed by atoms with E-state index in [0.717, 1.165) is 29.3 Å². The van der Waals surface area contributed by atoms with Gasteiger partial charge in [0.05, 0.1) is 18.3 Å². The highest BCUT2D eigenvalue weighted by atomic mass is 16.1. The Morgan fingerprint density at radius 1 is 1.00 bits per heavy atom. The lowest BCUT2D eigenvalue weighted by Gasteiger charge is -2.04. The topological polar surface area (TPSA) is 34.9 Å². The Kier molecular flexibility index (Phi) is 3.11. The first kappa shape index (κ1) is 11.7. The second-order valence-electron chi connectivity index (χ2n) is 4.55. The third-order valence-electron chi connectivity index (χ3n) is 3.23. The van der Waals surface area contributed by atoms with Crippen molar-refractivity contribution in [2.45, 2.75) is 13.0 Å². The van der Waals surface area contributed by atoms with Crippen molar-refractivity contribution < 1.29 is 4.79 Å². The predicted octanol–water partition coefficient (Wildman–Crippen LogP) is 2.83. The maximum atomic E-state index is 10.4. The van der Waals surface area contributed by atoms with Crippen molar-refractivity contribution in [3.05, 3.63) is 65.9 Å². The molecule has 0 bridgehead atoms. The fourth-order valence-corrected chi connectivity index (χ4v) is 2.20. The molecule has 0 spiro atoms. The average molecular weight is 250 g/mol. The molecule has 0 atom stereocenters. The minimum absolute atomic E-state index is 0.477. The molecule has 19 heavy (non-hydrogen) atoms. The van der Waals surface area contributed by atoms with Gasteiger partial charge in [0.15, 0.2) is 0 Å². The number of hydrogen-bond acceptors (Lipinski definition) is 2. The van der Waals surface area contributed by atoms with Gasteiger partial charge in [-0.25, -0.2) is 0 Å². The van der Waals surface area contributed by atoms with Gasteiger partial charge in [-0.15, -0.1) is 0 Å². The highest BCUT2D eigenvalue weighted by molar-refractivity contribution is 5.78. The molecular formula is C16H14N2O. The molecule has 0 saturated carbocycles. The van der Waals surface area contributed by atoms with Crippen LogP contribution >= 0.6 is 0 Å². The molecule has 3 heteroatoms. The molecule has 0 fully saturated rings. The number of benzene rings is 2. The summed E-state index contributed by atoms with van der Waals surface area (Å²) >= 11 is 0. The van der Waals surface area contributed by atoms with Crippen molar-refractivity contribution in [2.75, 3.05) is 0 Å². The highest BCUT2D eigenvalue weighted by Gasteiger charge is 2.02. The lowest BCUT2D eigenvalue weighted by atomic mass is 10.1. The maximum absolute atomic E-state index is 10.4. The first-order valence-electron chi connectivity index (χ1n) is 6.29. The van der Waals surface area contributed by atoms with Crippen molar-refractivity contribution in [3.63, 3.8) is 0 Å². The van der Waals surface area contributed by atoms with Crippen LogP contribution < -0.4 is 0 Å². The van der Waals surface area contributed by atoms with E-state index in [2.05, 4.69) is 29.4 Å². The summed E-state index contributed by atoms with van der Waals surface area (Å²) in [4.78, 5) is 10.4. The Labute approximate surface area is 111 Å². The number of aldehydes is 1. The lowest BCUT2D eigenvalue weighted by molar-refractivity contribution is -0.107. The third-order valence-corrected chi connectivity index (χ3v) is 3.23. The second-order valence-corrected chi connectivity index (χ2v) is 4.55. The number of nitrogens with zero attached hydrogens (tertiary/aromatic N) is 2. The van der Waals surface area contributed by atoms with Crippen molar-refractivity contribution in [3.8, 4) is 0 Å². The van der Waals surface area contributed by atoms with E-state index in [1.165, 1.54) is 5.56 Å². The molecule has 0 unspecified atom stereocenters. The predicted molar refractivity (Wildman–Crippen MR) is 75.0 cm³/mol. The fourth-order valence-electron chi connectivity index (χ4n) is 2.20. The molecule has 2 aromatic carbocycles. The van der Waals surface area contributed by atoms with Gasteiger partial charge in [-0.3, -0.25) is 4.68 Å². The molecule has 0 aliphatic rings. The molecule has 0 aliphatic heterocycles. The van der Waals surface area contributed by atoms with Gasteiger partial charge in [-0.2, -0.15) is 5.10 Å². The van der Waals surface area contributed by atoms with Gasteiger partial charge in [0.25, 0.3) is 0 Å². The second kappa shape index (κ2) is 5.06. The first-order valence-corrected chi connectivity index (χ1v) is 6.29. The van der Waals surface area contributed by atoms with Crippen molar-refractivity contribution in [1.29, 1.82) is 0 Å². The van der Waals surface area contributed by atoms with E-state index >= 15 is 0 Å². The van der Waals surface area contributed by atoms with Gasteiger partial charge in [0.2, 0.25) is 0 Å². The molecule has 0 N–H and O–H groups in total. The van der Waals surface area contributed by atoms with Crippen LogP contribution in [0.3, 0.4) is 0 Å². The van der Waals surface area contributed by atoms with Gasteiger partial charge in [0.1, 0.15) is 6.29 Å². The Morgan fingerprint density at radius 2 is 1.74 bits per heavy atom. The van der Waals surface area contributed by atoms with Crippen LogP contribution in [0.5, 0.6) is 0 Å². The summed E-state index contributed by atoms with van der Waals surface area (Å²) in [6.45, 7) is 0.745. The standard InChI is InChI=1S/C16H14N2O/c19-10-9-13-5-7-14(8-6-13)12-18-16-4-2-1-3-15(16)11-17-18/h1-8,10-11H,9,12H2. The summed E-state index contributed by atoms with van der Waals surface area (Å²) in [5, 5.41) is 5.56. The molecule has 94 valence electrons. The van der Waals surface area contributed by atoms with E-state index < -0.39 is 0 Å². The monoisotopic (exact) mass is 250 g/mol.